The number of rotatable bonds is 9. The van der Waals surface area contributed by atoms with Crippen molar-refractivity contribution < 1.29 is 9.53 Å². The molecule has 134 valence electrons. The minimum absolute atomic E-state index is 0.000325. The molecule has 0 spiro atoms. The fourth-order valence-corrected chi connectivity index (χ4v) is 2.96. The molecule has 0 aliphatic heterocycles. The van der Waals surface area contributed by atoms with Gasteiger partial charge in [-0.25, -0.2) is 4.99 Å². The Morgan fingerprint density at radius 2 is 1.96 bits per heavy atom. The van der Waals surface area contributed by atoms with Gasteiger partial charge in [-0.1, -0.05) is 12.8 Å². The van der Waals surface area contributed by atoms with E-state index in [-0.39, 0.29) is 12.5 Å². The second kappa shape index (κ2) is 11.3. The smallest absolute Gasteiger partial charge is 0.243 e. The number of ether oxygens (including phenoxy) is 1. The molecule has 1 amide bonds. The van der Waals surface area contributed by atoms with E-state index >= 15 is 0 Å². The summed E-state index contributed by atoms with van der Waals surface area (Å²) in [5.74, 6) is 1.40. The van der Waals surface area contributed by atoms with Crippen molar-refractivity contribution in [1.29, 1.82) is 0 Å². The van der Waals surface area contributed by atoms with E-state index in [9.17, 15) is 4.79 Å². The van der Waals surface area contributed by atoms with Crippen LogP contribution in [0, 0.1) is 5.92 Å². The van der Waals surface area contributed by atoms with Crippen molar-refractivity contribution in [3.8, 4) is 0 Å². The predicted octanol–water partition coefficient (Wildman–Crippen LogP) is 1.62. The summed E-state index contributed by atoms with van der Waals surface area (Å²) in [4.78, 5) is 17.5. The average molecular weight is 326 g/mol. The number of likely N-dealkylation sites (N-methyl/N-ethyl adjacent to an activating group) is 1. The molecule has 23 heavy (non-hydrogen) atoms. The molecule has 0 aromatic heterocycles. The molecule has 0 aromatic carbocycles. The zero-order valence-corrected chi connectivity index (χ0v) is 15.2. The lowest BCUT2D eigenvalue weighted by Crippen LogP contribution is -2.40. The number of hydrogen-bond acceptors (Lipinski definition) is 3. The summed E-state index contributed by atoms with van der Waals surface area (Å²) >= 11 is 0. The minimum Gasteiger partial charge on any atom is -0.378 e. The SMILES string of the molecule is CCNC(=NCC(=O)N(C)C)NCCC(OCC)C1CCCC1. The van der Waals surface area contributed by atoms with E-state index < -0.39 is 0 Å². The van der Waals surface area contributed by atoms with Crippen molar-refractivity contribution in [3.05, 3.63) is 0 Å². The highest BCUT2D eigenvalue weighted by molar-refractivity contribution is 5.84. The highest BCUT2D eigenvalue weighted by atomic mass is 16.5. The number of amides is 1. The van der Waals surface area contributed by atoms with E-state index in [2.05, 4.69) is 22.5 Å². The van der Waals surface area contributed by atoms with Gasteiger partial charge in [-0.05, 0) is 39.0 Å². The number of carbonyl (C=O) groups excluding carboxylic acids is 1. The Hall–Kier alpha value is -1.30. The first kappa shape index (κ1) is 19.7. The first-order valence-corrected chi connectivity index (χ1v) is 8.92. The monoisotopic (exact) mass is 326 g/mol. The molecule has 0 bridgehead atoms. The molecule has 0 radical (unpaired) electrons. The average Bonchev–Trinajstić information content (AvgIpc) is 3.05. The molecule has 1 unspecified atom stereocenters. The maximum absolute atomic E-state index is 11.6. The maximum Gasteiger partial charge on any atom is 0.243 e. The van der Waals surface area contributed by atoms with Crippen molar-refractivity contribution in [2.45, 2.75) is 52.1 Å². The lowest BCUT2D eigenvalue weighted by molar-refractivity contribution is -0.127. The topological polar surface area (TPSA) is 66.0 Å². The Kier molecular flexibility index (Phi) is 9.67. The molecule has 1 aliphatic rings. The zero-order chi connectivity index (χ0) is 17.1. The van der Waals surface area contributed by atoms with Crippen LogP contribution < -0.4 is 10.6 Å². The van der Waals surface area contributed by atoms with E-state index in [0.717, 1.165) is 26.1 Å². The zero-order valence-electron chi connectivity index (χ0n) is 15.2. The standard InChI is InChI=1S/C17H34N4O2/c1-5-18-17(20-13-16(22)21(3)4)19-12-11-15(23-6-2)14-9-7-8-10-14/h14-15H,5-13H2,1-4H3,(H2,18,19,20). The van der Waals surface area contributed by atoms with Gasteiger partial charge in [-0.2, -0.15) is 0 Å². The largest absolute Gasteiger partial charge is 0.378 e. The predicted molar refractivity (Wildman–Crippen MR) is 94.7 cm³/mol. The van der Waals surface area contributed by atoms with Crippen molar-refractivity contribution in [1.82, 2.24) is 15.5 Å². The van der Waals surface area contributed by atoms with Crippen LogP contribution in [0.3, 0.4) is 0 Å². The molecule has 6 nitrogen and oxygen atoms in total. The molecule has 1 rings (SSSR count). The van der Waals surface area contributed by atoms with E-state index in [1.54, 1.807) is 19.0 Å². The highest BCUT2D eigenvalue weighted by Crippen LogP contribution is 2.30. The third kappa shape index (κ3) is 7.68. The lowest BCUT2D eigenvalue weighted by Gasteiger charge is -2.24. The van der Waals surface area contributed by atoms with Gasteiger partial charge >= 0.3 is 0 Å². The van der Waals surface area contributed by atoms with Gasteiger partial charge in [0.05, 0.1) is 6.10 Å². The highest BCUT2D eigenvalue weighted by Gasteiger charge is 2.25. The molecule has 2 N–H and O–H groups in total. The lowest BCUT2D eigenvalue weighted by atomic mass is 9.98. The van der Waals surface area contributed by atoms with E-state index in [1.807, 2.05) is 6.92 Å². The van der Waals surface area contributed by atoms with Crippen LogP contribution in [0.2, 0.25) is 0 Å². The summed E-state index contributed by atoms with van der Waals surface area (Å²) < 4.78 is 5.94. The van der Waals surface area contributed by atoms with Crippen LogP contribution in [0.4, 0.5) is 0 Å². The first-order chi connectivity index (χ1) is 11.1. The summed E-state index contributed by atoms with van der Waals surface area (Å²) in [5, 5.41) is 6.49. The minimum atomic E-state index is 0.000325. The molecule has 0 heterocycles. The molecule has 6 heteroatoms. The molecule has 0 aromatic rings. The van der Waals surface area contributed by atoms with Gasteiger partial charge in [0, 0.05) is 33.8 Å². The van der Waals surface area contributed by atoms with E-state index in [4.69, 9.17) is 4.74 Å². The Labute approximate surface area is 141 Å². The Morgan fingerprint density at radius 1 is 1.26 bits per heavy atom. The van der Waals surface area contributed by atoms with E-state index in [1.165, 1.54) is 25.7 Å². The van der Waals surface area contributed by atoms with Crippen LogP contribution in [-0.4, -0.2) is 63.2 Å². The van der Waals surface area contributed by atoms with Crippen molar-refractivity contribution in [3.63, 3.8) is 0 Å². The van der Waals surface area contributed by atoms with Gasteiger partial charge in [0.1, 0.15) is 6.54 Å². The van der Waals surface area contributed by atoms with Gasteiger partial charge in [0.15, 0.2) is 5.96 Å². The second-order valence-corrected chi connectivity index (χ2v) is 6.24. The summed E-state index contributed by atoms with van der Waals surface area (Å²) in [6.45, 7) is 6.61. The van der Waals surface area contributed by atoms with Crippen LogP contribution in [0.5, 0.6) is 0 Å². The molecule has 1 atom stereocenters. The fraction of sp³-hybridized carbons (Fsp3) is 0.882. The molecule has 1 fully saturated rings. The van der Waals surface area contributed by atoms with Crippen LogP contribution in [-0.2, 0) is 9.53 Å². The first-order valence-electron chi connectivity index (χ1n) is 8.92. The summed E-state index contributed by atoms with van der Waals surface area (Å²) in [6, 6.07) is 0. The van der Waals surface area contributed by atoms with Crippen LogP contribution in [0.25, 0.3) is 0 Å². The fourth-order valence-electron chi connectivity index (χ4n) is 2.96. The molecular formula is C17H34N4O2. The third-order valence-electron chi connectivity index (χ3n) is 4.24. The van der Waals surface area contributed by atoms with Gasteiger partial charge in [0.2, 0.25) is 5.91 Å². The van der Waals surface area contributed by atoms with Gasteiger partial charge < -0.3 is 20.3 Å². The third-order valence-corrected chi connectivity index (χ3v) is 4.24. The van der Waals surface area contributed by atoms with Crippen LogP contribution >= 0.6 is 0 Å². The Bertz CT molecular complexity index is 366. The Morgan fingerprint density at radius 3 is 2.52 bits per heavy atom. The number of carbonyl (C=O) groups is 1. The van der Waals surface area contributed by atoms with Crippen LogP contribution in [0.1, 0.15) is 46.0 Å². The van der Waals surface area contributed by atoms with Gasteiger partial charge in [-0.3, -0.25) is 4.79 Å². The number of nitrogens with zero attached hydrogens (tertiary/aromatic N) is 2. The van der Waals surface area contributed by atoms with Gasteiger partial charge in [0.25, 0.3) is 0 Å². The van der Waals surface area contributed by atoms with Crippen molar-refractivity contribution >= 4 is 11.9 Å². The second-order valence-electron chi connectivity index (χ2n) is 6.24. The number of hydrogen-bond donors (Lipinski definition) is 2. The molecule has 1 aliphatic carbocycles. The van der Waals surface area contributed by atoms with Crippen molar-refractivity contribution in [2.75, 3.05) is 40.3 Å². The summed E-state index contributed by atoms with van der Waals surface area (Å²) in [6.07, 6.45) is 6.55. The number of nitrogens with one attached hydrogen (secondary N) is 2. The summed E-state index contributed by atoms with van der Waals surface area (Å²) in [7, 11) is 3.49. The van der Waals surface area contributed by atoms with Gasteiger partial charge in [-0.15, -0.1) is 0 Å². The molecule has 1 saturated carbocycles. The Balaban J connectivity index is 2.43. The normalized spacial score (nSPS) is 17.1. The van der Waals surface area contributed by atoms with Crippen molar-refractivity contribution in [2.24, 2.45) is 10.9 Å². The van der Waals surface area contributed by atoms with E-state index in [0.29, 0.717) is 18.0 Å². The number of guanidine groups is 1. The quantitative estimate of drug-likeness (QED) is 0.499. The molecule has 0 saturated heterocycles. The number of aliphatic imine (C=N–C) groups is 1. The maximum atomic E-state index is 11.6. The van der Waals surface area contributed by atoms with Crippen LogP contribution in [0.15, 0.2) is 4.99 Å². The summed E-state index contributed by atoms with van der Waals surface area (Å²) in [5.41, 5.74) is 0. The molecular weight excluding hydrogens is 292 g/mol.